The molecular formula is C24H24BrNO3S. The average molecular weight is 486 g/mol. The number of hydrogen-bond donors (Lipinski definition) is 1. The summed E-state index contributed by atoms with van der Waals surface area (Å²) < 4.78 is 7.31. The number of piperidine rings is 1. The molecule has 0 aliphatic carbocycles. The normalized spacial score (nSPS) is 18.1. The highest BCUT2D eigenvalue weighted by molar-refractivity contribution is 9.11. The van der Waals surface area contributed by atoms with Crippen LogP contribution in [0.2, 0.25) is 0 Å². The van der Waals surface area contributed by atoms with Gasteiger partial charge in [-0.3, -0.25) is 9.69 Å². The van der Waals surface area contributed by atoms with E-state index in [1.54, 1.807) is 11.3 Å². The number of aliphatic carboxylic acids is 1. The van der Waals surface area contributed by atoms with Crippen molar-refractivity contribution in [2.75, 3.05) is 13.1 Å². The molecule has 2 unspecified atom stereocenters. The van der Waals surface area contributed by atoms with Crippen LogP contribution < -0.4 is 4.74 Å². The van der Waals surface area contributed by atoms with Crippen LogP contribution in [0.3, 0.4) is 0 Å². The molecule has 0 saturated carbocycles. The Hall–Kier alpha value is -2.15. The van der Waals surface area contributed by atoms with Crippen LogP contribution in [-0.2, 0) is 11.4 Å². The molecule has 1 aliphatic heterocycles. The Bertz CT molecular complexity index is 991. The number of carboxylic acid groups (broad SMARTS) is 1. The summed E-state index contributed by atoms with van der Waals surface area (Å²) in [6, 6.07) is 22.4. The van der Waals surface area contributed by atoms with Crippen LogP contribution in [0.15, 0.2) is 70.5 Å². The molecule has 3 aromatic rings. The zero-order valence-electron chi connectivity index (χ0n) is 16.5. The molecule has 4 rings (SSSR count). The maximum absolute atomic E-state index is 11.7. The lowest BCUT2D eigenvalue weighted by molar-refractivity contribution is -0.143. The lowest BCUT2D eigenvalue weighted by Crippen LogP contribution is -2.41. The zero-order valence-corrected chi connectivity index (χ0v) is 18.9. The summed E-state index contributed by atoms with van der Waals surface area (Å²) in [5.74, 6) is -0.199. The van der Waals surface area contributed by atoms with Crippen LogP contribution in [0, 0.1) is 5.92 Å². The van der Waals surface area contributed by atoms with E-state index in [-0.39, 0.29) is 12.0 Å². The Balaban J connectivity index is 1.66. The van der Waals surface area contributed by atoms with E-state index >= 15 is 0 Å². The Morgan fingerprint density at radius 2 is 1.90 bits per heavy atom. The predicted molar refractivity (Wildman–Crippen MR) is 123 cm³/mol. The SMILES string of the molecule is O=C(O)C1CCCN(C(c2ccc(Br)s2)c2ccccc2OCc2ccccc2)C1. The molecule has 4 nitrogen and oxygen atoms in total. The second-order valence-electron chi connectivity index (χ2n) is 7.53. The first kappa shape index (κ1) is 21.1. The summed E-state index contributed by atoms with van der Waals surface area (Å²) in [7, 11) is 0. The van der Waals surface area contributed by atoms with Crippen molar-refractivity contribution in [3.05, 3.63) is 86.5 Å². The lowest BCUT2D eigenvalue weighted by atomic mass is 9.94. The number of thiophene rings is 1. The van der Waals surface area contributed by atoms with Crippen molar-refractivity contribution in [1.82, 2.24) is 4.90 Å². The molecule has 2 aromatic carbocycles. The molecule has 2 atom stereocenters. The van der Waals surface area contributed by atoms with Gasteiger partial charge in [-0.2, -0.15) is 0 Å². The minimum Gasteiger partial charge on any atom is -0.489 e. The standard InChI is InChI=1S/C24H24BrNO3S/c25-22-13-12-21(30-22)23(26-14-6-9-18(15-26)24(27)28)19-10-4-5-11-20(19)29-16-17-7-2-1-3-8-17/h1-5,7-8,10-13,18,23H,6,9,14-16H2,(H,27,28). The molecule has 2 heterocycles. The third kappa shape index (κ3) is 4.94. The maximum atomic E-state index is 11.7. The second kappa shape index (κ2) is 9.77. The number of hydrogen-bond acceptors (Lipinski definition) is 4. The summed E-state index contributed by atoms with van der Waals surface area (Å²) >= 11 is 5.28. The van der Waals surface area contributed by atoms with Crippen molar-refractivity contribution in [1.29, 1.82) is 0 Å². The fourth-order valence-corrected chi connectivity index (χ4v) is 5.60. The fourth-order valence-electron chi connectivity index (χ4n) is 4.02. The molecule has 0 bridgehead atoms. The van der Waals surface area contributed by atoms with Crippen molar-refractivity contribution in [3.8, 4) is 5.75 Å². The number of halogens is 1. The van der Waals surface area contributed by atoms with Gasteiger partial charge in [0.15, 0.2) is 0 Å². The third-order valence-corrected chi connectivity index (χ3v) is 7.16. The predicted octanol–water partition coefficient (Wildman–Crippen LogP) is 5.98. The van der Waals surface area contributed by atoms with E-state index in [1.165, 1.54) is 4.88 Å². The van der Waals surface area contributed by atoms with Crippen LogP contribution in [0.25, 0.3) is 0 Å². The van der Waals surface area contributed by atoms with Gasteiger partial charge in [-0.05, 0) is 59.1 Å². The van der Waals surface area contributed by atoms with Gasteiger partial charge in [-0.1, -0.05) is 48.5 Å². The summed E-state index contributed by atoms with van der Waals surface area (Å²) in [6.07, 6.45) is 1.62. The highest BCUT2D eigenvalue weighted by Crippen LogP contribution is 2.41. The topological polar surface area (TPSA) is 49.8 Å². The minimum atomic E-state index is -0.709. The molecule has 1 fully saturated rings. The molecule has 30 heavy (non-hydrogen) atoms. The van der Waals surface area contributed by atoms with Gasteiger partial charge in [0.2, 0.25) is 0 Å². The smallest absolute Gasteiger partial charge is 0.307 e. The van der Waals surface area contributed by atoms with E-state index in [1.807, 2.05) is 36.4 Å². The lowest BCUT2D eigenvalue weighted by Gasteiger charge is -2.37. The van der Waals surface area contributed by atoms with Crippen molar-refractivity contribution in [2.24, 2.45) is 5.92 Å². The van der Waals surface area contributed by atoms with Gasteiger partial charge in [0, 0.05) is 17.0 Å². The number of carbonyl (C=O) groups is 1. The first-order valence-electron chi connectivity index (χ1n) is 10.1. The van der Waals surface area contributed by atoms with E-state index in [9.17, 15) is 9.90 Å². The number of benzene rings is 2. The van der Waals surface area contributed by atoms with E-state index in [0.717, 1.165) is 40.0 Å². The van der Waals surface area contributed by atoms with Crippen LogP contribution in [0.4, 0.5) is 0 Å². The second-order valence-corrected chi connectivity index (χ2v) is 10.0. The molecule has 0 amide bonds. The summed E-state index contributed by atoms with van der Waals surface area (Å²) in [6.45, 7) is 1.91. The molecule has 1 saturated heterocycles. The first-order chi connectivity index (χ1) is 14.6. The Labute approximate surface area is 189 Å². The Kier molecular flexibility index (Phi) is 6.87. The number of carboxylic acids is 1. The molecular weight excluding hydrogens is 462 g/mol. The number of ether oxygens (including phenoxy) is 1. The van der Waals surface area contributed by atoms with Gasteiger partial charge in [0.05, 0.1) is 15.7 Å². The Morgan fingerprint density at radius 3 is 2.63 bits per heavy atom. The highest BCUT2D eigenvalue weighted by Gasteiger charge is 2.33. The maximum Gasteiger partial charge on any atom is 0.307 e. The van der Waals surface area contributed by atoms with Crippen molar-refractivity contribution < 1.29 is 14.6 Å². The van der Waals surface area contributed by atoms with Gasteiger partial charge in [-0.25, -0.2) is 0 Å². The van der Waals surface area contributed by atoms with Crippen molar-refractivity contribution >= 4 is 33.2 Å². The summed E-state index contributed by atoms with van der Waals surface area (Å²) in [4.78, 5) is 15.2. The molecule has 6 heteroatoms. The van der Waals surface area contributed by atoms with E-state index < -0.39 is 5.97 Å². The Morgan fingerprint density at radius 1 is 1.13 bits per heavy atom. The molecule has 1 N–H and O–H groups in total. The third-order valence-electron chi connectivity index (χ3n) is 5.48. The average Bonchev–Trinajstić information content (AvgIpc) is 3.20. The molecule has 0 spiro atoms. The van der Waals surface area contributed by atoms with E-state index in [0.29, 0.717) is 13.2 Å². The largest absolute Gasteiger partial charge is 0.489 e. The monoisotopic (exact) mass is 485 g/mol. The summed E-state index contributed by atoms with van der Waals surface area (Å²) in [5, 5.41) is 9.59. The van der Waals surface area contributed by atoms with E-state index in [4.69, 9.17) is 4.74 Å². The molecule has 0 radical (unpaired) electrons. The van der Waals surface area contributed by atoms with Crippen LogP contribution in [0.5, 0.6) is 5.75 Å². The molecule has 1 aliphatic rings. The van der Waals surface area contributed by atoms with Crippen LogP contribution in [0.1, 0.15) is 34.9 Å². The number of nitrogens with zero attached hydrogens (tertiary/aromatic N) is 1. The summed E-state index contributed by atoms with van der Waals surface area (Å²) in [5.41, 5.74) is 2.19. The van der Waals surface area contributed by atoms with E-state index in [2.05, 4.69) is 51.2 Å². The minimum absolute atomic E-state index is 0.0320. The van der Waals surface area contributed by atoms with Gasteiger partial charge >= 0.3 is 5.97 Å². The highest BCUT2D eigenvalue weighted by atomic mass is 79.9. The molecule has 156 valence electrons. The van der Waals surface area contributed by atoms with Crippen LogP contribution >= 0.6 is 27.3 Å². The van der Waals surface area contributed by atoms with Gasteiger partial charge < -0.3 is 9.84 Å². The quantitative estimate of drug-likeness (QED) is 0.447. The van der Waals surface area contributed by atoms with Gasteiger partial charge in [-0.15, -0.1) is 11.3 Å². The molecule has 1 aromatic heterocycles. The number of rotatable bonds is 7. The van der Waals surface area contributed by atoms with Crippen molar-refractivity contribution in [3.63, 3.8) is 0 Å². The van der Waals surface area contributed by atoms with Gasteiger partial charge in [0.1, 0.15) is 12.4 Å². The number of likely N-dealkylation sites (tertiary alicyclic amines) is 1. The number of para-hydroxylation sites is 1. The van der Waals surface area contributed by atoms with Crippen molar-refractivity contribution in [2.45, 2.75) is 25.5 Å². The van der Waals surface area contributed by atoms with Crippen LogP contribution in [-0.4, -0.2) is 29.1 Å². The fraction of sp³-hybridized carbons (Fsp3) is 0.292. The zero-order chi connectivity index (χ0) is 20.9. The first-order valence-corrected chi connectivity index (χ1v) is 11.7. The van der Waals surface area contributed by atoms with Gasteiger partial charge in [0.25, 0.3) is 0 Å².